The van der Waals surface area contributed by atoms with Gasteiger partial charge in [-0.2, -0.15) is 13.2 Å². The Balaban J connectivity index is 1.92. The van der Waals surface area contributed by atoms with E-state index < -0.39 is 12.8 Å². The van der Waals surface area contributed by atoms with Gasteiger partial charge in [0.1, 0.15) is 5.75 Å². The van der Waals surface area contributed by atoms with E-state index in [2.05, 4.69) is 15.2 Å². The molecule has 0 aliphatic carbocycles. The topological polar surface area (TPSA) is 46.1 Å². The molecule has 5 nitrogen and oxygen atoms in total. The molecule has 1 aliphatic heterocycles. The SMILES string of the molecule is CCNC(=NCc1ccc(OCC(F)(F)F)cc1)N1CCC(COC)C1. The van der Waals surface area contributed by atoms with Crippen molar-refractivity contribution in [3.63, 3.8) is 0 Å². The molecule has 0 spiro atoms. The summed E-state index contributed by atoms with van der Waals surface area (Å²) in [6.45, 7) is 4.54. The van der Waals surface area contributed by atoms with E-state index in [9.17, 15) is 13.2 Å². The average Bonchev–Trinajstić information content (AvgIpc) is 3.06. The Kier molecular flexibility index (Phi) is 7.56. The van der Waals surface area contributed by atoms with Crippen molar-refractivity contribution in [2.75, 3.05) is 40.0 Å². The summed E-state index contributed by atoms with van der Waals surface area (Å²) < 4.78 is 46.4. The third kappa shape index (κ3) is 6.74. The largest absolute Gasteiger partial charge is 0.484 e. The maximum Gasteiger partial charge on any atom is 0.422 e. The van der Waals surface area contributed by atoms with E-state index >= 15 is 0 Å². The summed E-state index contributed by atoms with van der Waals surface area (Å²) in [7, 11) is 1.71. The van der Waals surface area contributed by atoms with Crippen LogP contribution in [0.25, 0.3) is 0 Å². The number of methoxy groups -OCH3 is 1. The molecule has 8 heteroatoms. The third-order valence-corrected chi connectivity index (χ3v) is 4.06. The van der Waals surface area contributed by atoms with Gasteiger partial charge in [0.15, 0.2) is 12.6 Å². The molecule has 1 unspecified atom stereocenters. The molecule has 1 N–H and O–H groups in total. The van der Waals surface area contributed by atoms with Gasteiger partial charge in [-0.15, -0.1) is 0 Å². The molecule has 0 saturated carbocycles. The Morgan fingerprint density at radius 1 is 1.31 bits per heavy atom. The van der Waals surface area contributed by atoms with Crippen LogP contribution < -0.4 is 10.1 Å². The van der Waals surface area contributed by atoms with Crippen LogP contribution in [-0.2, 0) is 11.3 Å². The van der Waals surface area contributed by atoms with E-state index in [-0.39, 0.29) is 5.75 Å². The molecule has 146 valence electrons. The number of benzene rings is 1. The summed E-state index contributed by atoms with van der Waals surface area (Å²) in [5, 5.41) is 3.29. The number of aliphatic imine (C=N–C) groups is 1. The van der Waals surface area contributed by atoms with Crippen LogP contribution in [0.5, 0.6) is 5.75 Å². The van der Waals surface area contributed by atoms with E-state index in [1.54, 1.807) is 19.2 Å². The average molecular weight is 373 g/mol. The minimum atomic E-state index is -4.33. The lowest BCUT2D eigenvalue weighted by Gasteiger charge is -2.21. The summed E-state index contributed by atoms with van der Waals surface area (Å²) in [4.78, 5) is 6.86. The number of alkyl halides is 3. The molecule has 2 rings (SSSR count). The van der Waals surface area contributed by atoms with Crippen LogP contribution in [-0.4, -0.2) is 57.0 Å². The number of likely N-dealkylation sites (tertiary alicyclic amines) is 1. The minimum absolute atomic E-state index is 0.198. The highest BCUT2D eigenvalue weighted by molar-refractivity contribution is 5.80. The Bertz CT molecular complexity index is 576. The Hall–Kier alpha value is -1.96. The van der Waals surface area contributed by atoms with Crippen molar-refractivity contribution in [2.24, 2.45) is 10.9 Å². The normalized spacial score (nSPS) is 18.3. The lowest BCUT2D eigenvalue weighted by atomic mass is 10.1. The molecule has 1 atom stereocenters. The quantitative estimate of drug-likeness (QED) is 0.589. The van der Waals surface area contributed by atoms with Crippen molar-refractivity contribution in [1.82, 2.24) is 10.2 Å². The van der Waals surface area contributed by atoms with Gasteiger partial charge in [0.05, 0.1) is 13.2 Å². The van der Waals surface area contributed by atoms with Crippen LogP contribution in [0.15, 0.2) is 29.3 Å². The van der Waals surface area contributed by atoms with Gasteiger partial charge in [-0.05, 0) is 31.0 Å². The van der Waals surface area contributed by atoms with E-state index in [0.717, 1.165) is 44.2 Å². The van der Waals surface area contributed by atoms with Crippen LogP contribution in [0.3, 0.4) is 0 Å². The highest BCUT2D eigenvalue weighted by Gasteiger charge is 2.28. The van der Waals surface area contributed by atoms with Gasteiger partial charge in [-0.25, -0.2) is 4.99 Å². The second kappa shape index (κ2) is 9.66. The molecule has 1 aromatic carbocycles. The first-order valence-corrected chi connectivity index (χ1v) is 8.72. The monoisotopic (exact) mass is 373 g/mol. The zero-order valence-corrected chi connectivity index (χ0v) is 15.2. The van der Waals surface area contributed by atoms with Crippen molar-refractivity contribution >= 4 is 5.96 Å². The third-order valence-electron chi connectivity index (χ3n) is 4.06. The highest BCUT2D eigenvalue weighted by atomic mass is 19.4. The van der Waals surface area contributed by atoms with Gasteiger partial charge < -0.3 is 19.7 Å². The van der Waals surface area contributed by atoms with Crippen molar-refractivity contribution in [2.45, 2.75) is 26.1 Å². The molecule has 1 heterocycles. The lowest BCUT2D eigenvalue weighted by molar-refractivity contribution is -0.153. The first-order valence-electron chi connectivity index (χ1n) is 8.72. The zero-order chi connectivity index (χ0) is 19.0. The number of halogens is 3. The summed E-state index contributed by atoms with van der Waals surface area (Å²) in [6.07, 6.45) is -3.26. The number of nitrogens with one attached hydrogen (secondary N) is 1. The molecule has 1 aromatic rings. The number of hydrogen-bond donors (Lipinski definition) is 1. The lowest BCUT2D eigenvalue weighted by Crippen LogP contribution is -2.40. The maximum atomic E-state index is 12.2. The van der Waals surface area contributed by atoms with Gasteiger partial charge in [0.25, 0.3) is 0 Å². The van der Waals surface area contributed by atoms with Crippen molar-refractivity contribution < 1.29 is 22.6 Å². The molecule has 0 bridgehead atoms. The smallest absolute Gasteiger partial charge is 0.422 e. The second-order valence-electron chi connectivity index (χ2n) is 6.27. The Morgan fingerprint density at radius 3 is 2.65 bits per heavy atom. The van der Waals surface area contributed by atoms with Crippen molar-refractivity contribution in [3.8, 4) is 5.75 Å². The maximum absolute atomic E-state index is 12.2. The number of ether oxygens (including phenoxy) is 2. The number of guanidine groups is 1. The van der Waals surface area contributed by atoms with Crippen LogP contribution in [0.4, 0.5) is 13.2 Å². The number of rotatable bonds is 7. The predicted molar refractivity (Wildman–Crippen MR) is 94.4 cm³/mol. The van der Waals surface area contributed by atoms with Crippen LogP contribution >= 0.6 is 0 Å². The van der Waals surface area contributed by atoms with E-state index in [1.165, 1.54) is 12.1 Å². The van der Waals surface area contributed by atoms with Crippen LogP contribution in [0.1, 0.15) is 18.9 Å². The molecule has 0 aromatic heterocycles. The number of hydrogen-bond acceptors (Lipinski definition) is 3. The predicted octanol–water partition coefficient (Wildman–Crippen LogP) is 3.06. The summed E-state index contributed by atoms with van der Waals surface area (Å²) in [5.41, 5.74) is 0.910. The molecule has 1 aliphatic rings. The zero-order valence-electron chi connectivity index (χ0n) is 15.2. The van der Waals surface area contributed by atoms with Gasteiger partial charge in [-0.1, -0.05) is 12.1 Å². The van der Waals surface area contributed by atoms with Gasteiger partial charge >= 0.3 is 6.18 Å². The Morgan fingerprint density at radius 2 is 2.04 bits per heavy atom. The summed E-state index contributed by atoms with van der Waals surface area (Å²) in [6, 6.07) is 6.54. The van der Waals surface area contributed by atoms with E-state index in [0.29, 0.717) is 12.5 Å². The first-order chi connectivity index (χ1) is 12.4. The highest BCUT2D eigenvalue weighted by Crippen LogP contribution is 2.20. The van der Waals surface area contributed by atoms with Gasteiger partial charge in [-0.3, -0.25) is 0 Å². The van der Waals surface area contributed by atoms with Crippen molar-refractivity contribution in [3.05, 3.63) is 29.8 Å². The molecular weight excluding hydrogens is 347 g/mol. The number of nitrogens with zero attached hydrogens (tertiary/aromatic N) is 2. The molecular formula is C18H26F3N3O2. The fourth-order valence-corrected chi connectivity index (χ4v) is 2.85. The second-order valence-corrected chi connectivity index (χ2v) is 6.27. The van der Waals surface area contributed by atoms with Gasteiger partial charge in [0.2, 0.25) is 0 Å². The van der Waals surface area contributed by atoms with Crippen LogP contribution in [0, 0.1) is 5.92 Å². The van der Waals surface area contributed by atoms with E-state index in [1.807, 2.05) is 6.92 Å². The molecule has 1 fully saturated rings. The Labute approximate surface area is 152 Å². The molecule has 0 amide bonds. The molecule has 0 radical (unpaired) electrons. The minimum Gasteiger partial charge on any atom is -0.484 e. The molecule has 26 heavy (non-hydrogen) atoms. The summed E-state index contributed by atoms with van der Waals surface area (Å²) >= 11 is 0. The van der Waals surface area contributed by atoms with Gasteiger partial charge in [0, 0.05) is 32.7 Å². The summed E-state index contributed by atoms with van der Waals surface area (Å²) in [5.74, 6) is 1.56. The molecule has 1 saturated heterocycles. The fourth-order valence-electron chi connectivity index (χ4n) is 2.85. The first kappa shape index (κ1) is 20.4. The standard InChI is InChI=1S/C18H26F3N3O2/c1-3-22-17(24-9-8-15(11-24)12-25-2)23-10-14-4-6-16(7-5-14)26-13-18(19,20)21/h4-7,15H,3,8-13H2,1-2H3,(H,22,23). The van der Waals surface area contributed by atoms with Crippen molar-refractivity contribution in [1.29, 1.82) is 0 Å². The van der Waals surface area contributed by atoms with E-state index in [4.69, 9.17) is 9.47 Å². The fraction of sp³-hybridized carbons (Fsp3) is 0.611. The van der Waals surface area contributed by atoms with Crippen LogP contribution in [0.2, 0.25) is 0 Å².